The summed E-state index contributed by atoms with van der Waals surface area (Å²) >= 11 is 0. The number of fused-ring (bicyclic) bond motifs is 2. The molecule has 0 bridgehead atoms. The van der Waals surface area contributed by atoms with Crippen molar-refractivity contribution in [3.63, 3.8) is 0 Å². The molecule has 0 spiro atoms. The van der Waals surface area contributed by atoms with E-state index in [4.69, 9.17) is 4.74 Å². The van der Waals surface area contributed by atoms with Gasteiger partial charge in [0.05, 0.1) is 18.3 Å². The van der Waals surface area contributed by atoms with E-state index in [1.165, 1.54) is 5.56 Å². The monoisotopic (exact) mass is 620 g/mol. The molecule has 3 heterocycles. The molecule has 1 saturated heterocycles. The van der Waals surface area contributed by atoms with Crippen LogP contribution in [0.1, 0.15) is 73.1 Å². The summed E-state index contributed by atoms with van der Waals surface area (Å²) in [5, 5.41) is 4.36. The highest BCUT2D eigenvalue weighted by atomic mass is 16.6. The van der Waals surface area contributed by atoms with Crippen LogP contribution in [0.2, 0.25) is 0 Å². The third kappa shape index (κ3) is 5.54. The number of aromatic nitrogens is 1. The molecule has 1 N–H and O–H groups in total. The molecule has 8 nitrogen and oxygen atoms in total. The average Bonchev–Trinajstić information content (AvgIpc) is 3.52. The molecule has 6 rings (SSSR count). The molecule has 2 aliphatic rings. The first-order chi connectivity index (χ1) is 22.2. The van der Waals surface area contributed by atoms with E-state index in [0.717, 1.165) is 39.7 Å². The van der Waals surface area contributed by atoms with E-state index in [2.05, 4.69) is 74.1 Å². The lowest BCUT2D eigenvalue weighted by atomic mass is 9.90. The number of carbonyl (C=O) groups is 3. The minimum atomic E-state index is -0.692. The summed E-state index contributed by atoms with van der Waals surface area (Å²) in [6, 6.07) is 23.4. The van der Waals surface area contributed by atoms with E-state index in [1.54, 1.807) is 11.8 Å². The van der Waals surface area contributed by atoms with Crippen molar-refractivity contribution in [2.24, 2.45) is 13.0 Å². The summed E-state index contributed by atoms with van der Waals surface area (Å²) in [6.07, 6.45) is 1.69. The Morgan fingerprint density at radius 2 is 1.63 bits per heavy atom. The first-order valence-electron chi connectivity index (χ1n) is 16.5. The number of amides is 3. The van der Waals surface area contributed by atoms with Crippen LogP contribution < -0.4 is 5.32 Å². The lowest BCUT2D eigenvalue weighted by molar-refractivity contribution is -0.128. The summed E-state index contributed by atoms with van der Waals surface area (Å²) in [4.78, 5) is 44.8. The fourth-order valence-electron chi connectivity index (χ4n) is 7.27. The minimum absolute atomic E-state index is 0.0936. The smallest absolute Gasteiger partial charge is 0.409 e. The Hall–Kier alpha value is -4.59. The number of hydrogen-bond acceptors (Lipinski definition) is 4. The second-order valence-corrected chi connectivity index (χ2v) is 12.7. The predicted molar refractivity (Wildman–Crippen MR) is 181 cm³/mol. The van der Waals surface area contributed by atoms with Crippen molar-refractivity contribution >= 4 is 28.8 Å². The van der Waals surface area contributed by atoms with Gasteiger partial charge in [0.25, 0.3) is 5.91 Å². The summed E-state index contributed by atoms with van der Waals surface area (Å²) in [7, 11) is 2.08. The summed E-state index contributed by atoms with van der Waals surface area (Å²) in [5.41, 5.74) is 6.94. The maximum Gasteiger partial charge on any atom is 0.409 e. The van der Waals surface area contributed by atoms with Crippen molar-refractivity contribution in [2.75, 3.05) is 19.7 Å². The normalized spacial score (nSPS) is 18.0. The van der Waals surface area contributed by atoms with E-state index in [1.807, 2.05) is 41.3 Å². The van der Waals surface area contributed by atoms with Gasteiger partial charge in [-0.1, -0.05) is 86.5 Å². The molecule has 1 aromatic heterocycles. The van der Waals surface area contributed by atoms with Gasteiger partial charge in [-0.15, -0.1) is 0 Å². The van der Waals surface area contributed by atoms with Gasteiger partial charge in [0.15, 0.2) is 0 Å². The van der Waals surface area contributed by atoms with Crippen LogP contribution in [-0.2, 0) is 16.6 Å². The number of hydrogen-bond donors (Lipinski definition) is 1. The van der Waals surface area contributed by atoms with Crippen LogP contribution in [-0.4, -0.2) is 64.1 Å². The Morgan fingerprint density at radius 3 is 2.33 bits per heavy atom. The quantitative estimate of drug-likeness (QED) is 0.234. The Balaban J connectivity index is 1.44. The van der Waals surface area contributed by atoms with E-state index in [0.29, 0.717) is 38.1 Å². The predicted octanol–water partition coefficient (Wildman–Crippen LogP) is 6.85. The van der Waals surface area contributed by atoms with Gasteiger partial charge >= 0.3 is 6.09 Å². The molecular formula is C38H44N4O4. The molecule has 4 aromatic rings. The summed E-state index contributed by atoms with van der Waals surface area (Å²) in [6.45, 7) is 9.38. The van der Waals surface area contributed by atoms with Crippen LogP contribution in [0.15, 0.2) is 72.8 Å². The van der Waals surface area contributed by atoms with Crippen LogP contribution >= 0.6 is 0 Å². The van der Waals surface area contributed by atoms with E-state index >= 15 is 0 Å². The maximum atomic E-state index is 14.5. The number of ether oxygens (including phenoxy) is 1. The molecule has 3 amide bonds. The van der Waals surface area contributed by atoms with Crippen molar-refractivity contribution in [1.29, 1.82) is 0 Å². The van der Waals surface area contributed by atoms with Gasteiger partial charge < -0.3 is 24.4 Å². The average molecular weight is 621 g/mol. The Labute approximate surface area is 271 Å². The fraction of sp³-hybridized carbons (Fsp3) is 0.395. The molecule has 0 radical (unpaired) electrons. The summed E-state index contributed by atoms with van der Waals surface area (Å²) < 4.78 is 7.40. The SMILES string of the molecule is CCOC(=O)N1CCC(NC(=O)C(C(C)CC)N2C(=O)c3ccccc3C2c2c(-c3ccc(C)cc3)n(C)c3ccccc23)CC1. The van der Waals surface area contributed by atoms with Gasteiger partial charge in [-0.3, -0.25) is 9.59 Å². The number of rotatable bonds is 8. The molecule has 3 atom stereocenters. The van der Waals surface area contributed by atoms with Crippen LogP contribution in [0.25, 0.3) is 22.2 Å². The highest BCUT2D eigenvalue weighted by Crippen LogP contribution is 2.48. The van der Waals surface area contributed by atoms with Crippen LogP contribution in [0.5, 0.6) is 0 Å². The molecule has 0 saturated carbocycles. The number of likely N-dealkylation sites (tertiary alicyclic amines) is 1. The van der Waals surface area contributed by atoms with E-state index in [-0.39, 0.29) is 29.9 Å². The first-order valence-corrected chi connectivity index (χ1v) is 16.5. The lowest BCUT2D eigenvalue weighted by Gasteiger charge is -2.38. The van der Waals surface area contributed by atoms with Crippen molar-refractivity contribution in [2.45, 2.75) is 65.1 Å². The molecule has 8 heteroatoms. The molecular weight excluding hydrogens is 576 g/mol. The second kappa shape index (κ2) is 13.0. The van der Waals surface area contributed by atoms with Crippen LogP contribution in [0.3, 0.4) is 0 Å². The maximum absolute atomic E-state index is 14.5. The minimum Gasteiger partial charge on any atom is -0.450 e. The van der Waals surface area contributed by atoms with Crippen LogP contribution in [0.4, 0.5) is 4.79 Å². The highest BCUT2D eigenvalue weighted by Gasteiger charge is 2.47. The molecule has 3 unspecified atom stereocenters. The number of para-hydroxylation sites is 1. The van der Waals surface area contributed by atoms with Crippen LogP contribution in [0, 0.1) is 12.8 Å². The largest absolute Gasteiger partial charge is 0.450 e. The number of piperidine rings is 1. The Morgan fingerprint density at radius 1 is 0.957 bits per heavy atom. The van der Waals surface area contributed by atoms with Crippen molar-refractivity contribution in [3.05, 3.63) is 95.1 Å². The van der Waals surface area contributed by atoms with Gasteiger partial charge in [0.1, 0.15) is 6.04 Å². The fourth-order valence-corrected chi connectivity index (χ4v) is 7.27. The molecule has 46 heavy (non-hydrogen) atoms. The number of benzene rings is 3. The first kappa shape index (κ1) is 31.4. The van der Waals surface area contributed by atoms with Gasteiger partial charge in [-0.25, -0.2) is 4.79 Å². The van der Waals surface area contributed by atoms with E-state index < -0.39 is 12.1 Å². The molecule has 2 aliphatic heterocycles. The number of aryl methyl sites for hydroxylation is 2. The van der Waals surface area contributed by atoms with Gasteiger partial charge in [0, 0.05) is 48.2 Å². The molecule has 240 valence electrons. The summed E-state index contributed by atoms with van der Waals surface area (Å²) in [5.74, 6) is -0.369. The van der Waals surface area contributed by atoms with Crippen molar-refractivity contribution < 1.29 is 19.1 Å². The van der Waals surface area contributed by atoms with Crippen molar-refractivity contribution in [1.82, 2.24) is 19.7 Å². The third-order valence-corrected chi connectivity index (χ3v) is 9.86. The number of nitrogens with one attached hydrogen (secondary N) is 1. The molecule has 0 aliphatic carbocycles. The van der Waals surface area contributed by atoms with E-state index in [9.17, 15) is 14.4 Å². The zero-order chi connectivity index (χ0) is 32.5. The van der Waals surface area contributed by atoms with Gasteiger partial charge in [-0.05, 0) is 55.9 Å². The van der Waals surface area contributed by atoms with Gasteiger partial charge in [0.2, 0.25) is 5.91 Å². The zero-order valence-corrected chi connectivity index (χ0v) is 27.5. The second-order valence-electron chi connectivity index (χ2n) is 12.7. The Kier molecular flexibility index (Phi) is 8.89. The lowest BCUT2D eigenvalue weighted by Crippen LogP contribution is -2.55. The number of nitrogens with zero attached hydrogens (tertiary/aromatic N) is 3. The van der Waals surface area contributed by atoms with Crippen molar-refractivity contribution in [3.8, 4) is 11.3 Å². The topological polar surface area (TPSA) is 83.9 Å². The highest BCUT2D eigenvalue weighted by molar-refractivity contribution is 6.04. The number of carbonyl (C=O) groups excluding carboxylic acids is 3. The third-order valence-electron chi connectivity index (χ3n) is 9.86. The molecule has 1 fully saturated rings. The standard InChI is InChI=1S/C38H44N4O4/c1-6-25(4)33(36(43)39-27-20-22-41(23-21-27)38(45)46-7-2)42-35(28-12-8-9-13-29(28)37(42)44)32-30-14-10-11-15-31(30)40(5)34(32)26-18-16-24(3)17-19-26/h8-19,25,27,33,35H,6-7,20-23H2,1-5H3,(H,39,43). The Bertz CT molecular complexity index is 1750. The zero-order valence-electron chi connectivity index (χ0n) is 27.5. The molecule has 3 aromatic carbocycles. The van der Waals surface area contributed by atoms with Gasteiger partial charge in [-0.2, -0.15) is 0 Å².